The first-order chi connectivity index (χ1) is 6.63. The molecule has 1 rings (SSSR count). The first-order valence-electron chi connectivity index (χ1n) is 5.05. The summed E-state index contributed by atoms with van der Waals surface area (Å²) >= 11 is 0. The Balaban J connectivity index is 2.17. The van der Waals surface area contributed by atoms with Gasteiger partial charge in [-0.1, -0.05) is 0 Å². The second kappa shape index (κ2) is 4.97. The van der Waals surface area contributed by atoms with Crippen LogP contribution in [-0.4, -0.2) is 18.0 Å². The molecule has 0 radical (unpaired) electrons. The number of nitrogens with zero attached hydrogens (tertiary/aromatic N) is 1. The summed E-state index contributed by atoms with van der Waals surface area (Å²) in [5, 5.41) is 11.2. The lowest BCUT2D eigenvalue weighted by molar-refractivity contribution is -0.122. The van der Waals surface area contributed by atoms with E-state index in [0.717, 1.165) is 12.8 Å². The normalized spacial score (nSPS) is 19.5. The van der Waals surface area contributed by atoms with Crippen molar-refractivity contribution in [3.05, 3.63) is 0 Å². The highest BCUT2D eigenvalue weighted by Gasteiger charge is 2.29. The molecule has 2 unspecified atom stereocenters. The number of amides is 1. The molecule has 0 saturated heterocycles. The highest BCUT2D eigenvalue weighted by atomic mass is 16.1. The van der Waals surface area contributed by atoms with Crippen LogP contribution >= 0.6 is 0 Å². The van der Waals surface area contributed by atoms with E-state index in [1.54, 1.807) is 0 Å². The fraction of sp³-hybridized carbons (Fsp3) is 0.800. The van der Waals surface area contributed by atoms with Gasteiger partial charge in [0.1, 0.15) is 0 Å². The summed E-state index contributed by atoms with van der Waals surface area (Å²) in [5.74, 6) is 0.513. The summed E-state index contributed by atoms with van der Waals surface area (Å²) in [7, 11) is 0. The van der Waals surface area contributed by atoms with Gasteiger partial charge in [0.15, 0.2) is 0 Å². The number of nitrogens with one attached hydrogen (secondary N) is 1. The molecule has 0 spiro atoms. The number of nitriles is 1. The molecule has 2 atom stereocenters. The minimum absolute atomic E-state index is 0.00397. The van der Waals surface area contributed by atoms with Crippen molar-refractivity contribution < 1.29 is 4.79 Å². The molecule has 0 aromatic heterocycles. The van der Waals surface area contributed by atoms with Crippen molar-refractivity contribution >= 4 is 5.91 Å². The summed E-state index contributed by atoms with van der Waals surface area (Å²) in [6.45, 7) is 1.82. The van der Waals surface area contributed by atoms with E-state index in [2.05, 4.69) is 5.32 Å². The average Bonchev–Trinajstić information content (AvgIpc) is 2.85. The van der Waals surface area contributed by atoms with Crippen LogP contribution in [0.1, 0.15) is 32.6 Å². The van der Waals surface area contributed by atoms with Crippen molar-refractivity contribution in [2.45, 2.75) is 44.7 Å². The van der Waals surface area contributed by atoms with Crippen molar-refractivity contribution in [3.8, 4) is 6.07 Å². The number of carbonyl (C=O) groups excluding carboxylic acids is 1. The van der Waals surface area contributed by atoms with E-state index in [9.17, 15) is 4.79 Å². The quantitative estimate of drug-likeness (QED) is 0.671. The van der Waals surface area contributed by atoms with Crippen LogP contribution in [0.3, 0.4) is 0 Å². The van der Waals surface area contributed by atoms with E-state index < -0.39 is 0 Å². The summed E-state index contributed by atoms with van der Waals surface area (Å²) in [6, 6.07) is 1.95. The van der Waals surface area contributed by atoms with Crippen molar-refractivity contribution in [2.24, 2.45) is 11.7 Å². The van der Waals surface area contributed by atoms with E-state index in [1.165, 1.54) is 0 Å². The zero-order valence-corrected chi connectivity index (χ0v) is 8.49. The molecule has 1 aliphatic rings. The highest BCUT2D eigenvalue weighted by molar-refractivity contribution is 5.76. The molecule has 1 saturated carbocycles. The lowest BCUT2D eigenvalue weighted by atomic mass is 10.1. The third-order valence-corrected chi connectivity index (χ3v) is 2.45. The fourth-order valence-corrected chi connectivity index (χ4v) is 1.43. The van der Waals surface area contributed by atoms with Crippen LogP contribution in [0.5, 0.6) is 0 Å². The van der Waals surface area contributed by atoms with Crippen LogP contribution in [0.2, 0.25) is 0 Å². The van der Waals surface area contributed by atoms with Gasteiger partial charge in [0.05, 0.1) is 12.5 Å². The van der Waals surface area contributed by atoms with E-state index in [1.807, 2.05) is 13.0 Å². The lowest BCUT2D eigenvalue weighted by Gasteiger charge is -2.13. The SMILES string of the molecule is CC(CC#N)NC(=O)CC(N)C1CC1. The standard InChI is InChI=1S/C10H17N3O/c1-7(4-5-11)13-10(14)6-9(12)8-2-3-8/h7-9H,2-4,6,12H2,1H3,(H,13,14). The fourth-order valence-electron chi connectivity index (χ4n) is 1.43. The molecule has 0 aliphatic heterocycles. The minimum atomic E-state index is -0.0705. The molecule has 4 nitrogen and oxygen atoms in total. The van der Waals surface area contributed by atoms with Crippen LogP contribution < -0.4 is 11.1 Å². The predicted molar refractivity (Wildman–Crippen MR) is 53.2 cm³/mol. The second-order valence-electron chi connectivity index (χ2n) is 4.04. The van der Waals surface area contributed by atoms with Crippen molar-refractivity contribution in [3.63, 3.8) is 0 Å². The molecular weight excluding hydrogens is 178 g/mol. The van der Waals surface area contributed by atoms with Gasteiger partial charge in [-0.3, -0.25) is 4.79 Å². The van der Waals surface area contributed by atoms with E-state index in [0.29, 0.717) is 18.8 Å². The Hall–Kier alpha value is -1.08. The minimum Gasteiger partial charge on any atom is -0.353 e. The maximum atomic E-state index is 11.4. The lowest BCUT2D eigenvalue weighted by Crippen LogP contribution is -2.37. The van der Waals surface area contributed by atoms with E-state index in [-0.39, 0.29) is 18.0 Å². The maximum absolute atomic E-state index is 11.4. The van der Waals surface area contributed by atoms with E-state index >= 15 is 0 Å². The Bertz CT molecular complexity index is 242. The number of hydrogen-bond donors (Lipinski definition) is 2. The first-order valence-corrected chi connectivity index (χ1v) is 5.05. The number of rotatable bonds is 5. The van der Waals surface area contributed by atoms with E-state index in [4.69, 9.17) is 11.0 Å². The molecule has 1 aliphatic carbocycles. The molecule has 78 valence electrons. The van der Waals surface area contributed by atoms with Gasteiger partial charge in [-0.25, -0.2) is 0 Å². The third kappa shape index (κ3) is 3.75. The molecule has 0 bridgehead atoms. The van der Waals surface area contributed by atoms with Gasteiger partial charge in [0.2, 0.25) is 5.91 Å². The zero-order valence-electron chi connectivity index (χ0n) is 8.49. The van der Waals surface area contributed by atoms with Gasteiger partial charge in [0.25, 0.3) is 0 Å². The Morgan fingerprint density at radius 1 is 1.71 bits per heavy atom. The average molecular weight is 195 g/mol. The molecule has 0 aromatic rings. The Kier molecular flexibility index (Phi) is 3.90. The summed E-state index contributed by atoms with van der Waals surface area (Å²) in [5.41, 5.74) is 5.80. The van der Waals surface area contributed by atoms with Gasteiger partial charge >= 0.3 is 0 Å². The van der Waals surface area contributed by atoms with Crippen molar-refractivity contribution in [2.75, 3.05) is 0 Å². The summed E-state index contributed by atoms with van der Waals surface area (Å²) in [4.78, 5) is 11.4. The Morgan fingerprint density at radius 2 is 2.36 bits per heavy atom. The van der Waals surface area contributed by atoms with Crippen LogP contribution in [0.4, 0.5) is 0 Å². The van der Waals surface area contributed by atoms with Crippen LogP contribution in [-0.2, 0) is 4.79 Å². The molecule has 1 amide bonds. The largest absolute Gasteiger partial charge is 0.353 e. The van der Waals surface area contributed by atoms with Crippen molar-refractivity contribution in [1.29, 1.82) is 5.26 Å². The molecule has 1 fully saturated rings. The molecule has 3 N–H and O–H groups in total. The predicted octanol–water partition coefficient (Wildman–Crippen LogP) is 0.532. The van der Waals surface area contributed by atoms with Gasteiger partial charge in [-0.15, -0.1) is 0 Å². The molecule has 0 heterocycles. The second-order valence-corrected chi connectivity index (χ2v) is 4.04. The van der Waals surface area contributed by atoms with Gasteiger partial charge in [-0.05, 0) is 25.7 Å². The number of hydrogen-bond acceptors (Lipinski definition) is 3. The smallest absolute Gasteiger partial charge is 0.221 e. The maximum Gasteiger partial charge on any atom is 0.221 e. The zero-order chi connectivity index (χ0) is 10.6. The first kappa shape index (κ1) is 11.0. The molecule has 14 heavy (non-hydrogen) atoms. The number of nitrogens with two attached hydrogens (primary N) is 1. The molecule has 0 aromatic carbocycles. The van der Waals surface area contributed by atoms with Crippen LogP contribution in [0.25, 0.3) is 0 Å². The summed E-state index contributed by atoms with van der Waals surface area (Å²) in [6.07, 6.45) is 3.05. The molecular formula is C10H17N3O. The Labute approximate surface area is 84.5 Å². The van der Waals surface area contributed by atoms with Crippen molar-refractivity contribution in [1.82, 2.24) is 5.32 Å². The van der Waals surface area contributed by atoms with Crippen LogP contribution in [0, 0.1) is 17.2 Å². The topological polar surface area (TPSA) is 78.9 Å². The third-order valence-electron chi connectivity index (χ3n) is 2.45. The highest BCUT2D eigenvalue weighted by Crippen LogP contribution is 2.32. The summed E-state index contributed by atoms with van der Waals surface area (Å²) < 4.78 is 0. The van der Waals surface area contributed by atoms with Crippen LogP contribution in [0.15, 0.2) is 0 Å². The monoisotopic (exact) mass is 195 g/mol. The van der Waals surface area contributed by atoms with Gasteiger partial charge in [0, 0.05) is 18.5 Å². The molecule has 4 heteroatoms. The van der Waals surface area contributed by atoms with Gasteiger partial charge in [-0.2, -0.15) is 5.26 Å². The van der Waals surface area contributed by atoms with Gasteiger partial charge < -0.3 is 11.1 Å². The Morgan fingerprint density at radius 3 is 2.86 bits per heavy atom. The number of carbonyl (C=O) groups is 1.